The number of carbonyl (C=O) groups excluding carboxylic acids is 2. The lowest BCUT2D eigenvalue weighted by Crippen LogP contribution is -2.23. The maximum Gasteiger partial charge on any atom is 0.247 e. The Bertz CT molecular complexity index is 914. The van der Waals surface area contributed by atoms with Crippen LogP contribution in [0.2, 0.25) is 0 Å². The number of aldehydes is 1. The van der Waals surface area contributed by atoms with Crippen LogP contribution in [0.1, 0.15) is 30.2 Å². The van der Waals surface area contributed by atoms with Crippen molar-refractivity contribution in [3.8, 4) is 5.75 Å². The second kappa shape index (κ2) is 7.21. The molecule has 0 bridgehead atoms. The number of fused-ring (bicyclic) bond motifs is 1. The lowest BCUT2D eigenvalue weighted by molar-refractivity contribution is -0.118. The number of hydrogen-bond donors (Lipinski definition) is 1. The molecule has 0 saturated heterocycles. The minimum absolute atomic E-state index is 0.176. The molecule has 2 aromatic carbocycles. The summed E-state index contributed by atoms with van der Waals surface area (Å²) in [6.07, 6.45) is 2.53. The molecule has 128 valence electrons. The number of para-hydroxylation sites is 3. The molecule has 0 aliphatic heterocycles. The molecule has 0 aliphatic rings. The molecule has 0 spiro atoms. The summed E-state index contributed by atoms with van der Waals surface area (Å²) in [5, 5.41) is 3.75. The summed E-state index contributed by atoms with van der Waals surface area (Å²) in [5.74, 6) is 0.460. The fourth-order valence-corrected chi connectivity index (χ4v) is 2.86. The molecular weight excluding hydrogens is 316 g/mol. The second-order valence-corrected chi connectivity index (χ2v) is 5.72. The highest BCUT2D eigenvalue weighted by molar-refractivity contribution is 6.00. The molecule has 1 N–H and O–H groups in total. The Labute approximate surface area is 146 Å². The maximum absolute atomic E-state index is 12.7. The van der Waals surface area contributed by atoms with Gasteiger partial charge in [-0.25, -0.2) is 0 Å². The van der Waals surface area contributed by atoms with Gasteiger partial charge >= 0.3 is 0 Å². The highest BCUT2D eigenvalue weighted by Gasteiger charge is 2.19. The van der Waals surface area contributed by atoms with Crippen molar-refractivity contribution in [2.75, 3.05) is 11.9 Å². The van der Waals surface area contributed by atoms with E-state index < -0.39 is 6.04 Å². The highest BCUT2D eigenvalue weighted by atomic mass is 16.5. The van der Waals surface area contributed by atoms with Crippen molar-refractivity contribution in [3.63, 3.8) is 0 Å². The number of rotatable bonds is 6. The lowest BCUT2D eigenvalue weighted by Gasteiger charge is -2.17. The molecule has 5 nitrogen and oxygen atoms in total. The van der Waals surface area contributed by atoms with E-state index in [9.17, 15) is 9.59 Å². The van der Waals surface area contributed by atoms with Gasteiger partial charge in [0.25, 0.3) is 0 Å². The molecule has 3 aromatic rings. The van der Waals surface area contributed by atoms with Crippen molar-refractivity contribution < 1.29 is 14.3 Å². The van der Waals surface area contributed by atoms with Crippen LogP contribution in [0.15, 0.2) is 54.7 Å². The van der Waals surface area contributed by atoms with Gasteiger partial charge in [0.1, 0.15) is 11.8 Å². The van der Waals surface area contributed by atoms with Crippen LogP contribution in [0.3, 0.4) is 0 Å². The Morgan fingerprint density at radius 2 is 1.92 bits per heavy atom. The van der Waals surface area contributed by atoms with Crippen molar-refractivity contribution in [1.29, 1.82) is 0 Å². The Hall–Kier alpha value is -3.08. The fraction of sp³-hybridized carbons (Fsp3) is 0.200. The van der Waals surface area contributed by atoms with E-state index in [0.29, 0.717) is 23.6 Å². The summed E-state index contributed by atoms with van der Waals surface area (Å²) in [6.45, 7) is 4.22. The average Bonchev–Trinajstić information content (AvgIpc) is 3.01. The van der Waals surface area contributed by atoms with E-state index in [1.54, 1.807) is 19.2 Å². The van der Waals surface area contributed by atoms with Gasteiger partial charge in [0.05, 0.1) is 12.3 Å². The zero-order valence-corrected chi connectivity index (χ0v) is 14.2. The molecule has 1 unspecified atom stereocenters. The van der Waals surface area contributed by atoms with Crippen LogP contribution in [0.25, 0.3) is 10.9 Å². The van der Waals surface area contributed by atoms with Gasteiger partial charge in [-0.2, -0.15) is 0 Å². The summed E-state index contributed by atoms with van der Waals surface area (Å²) in [6, 6.07) is 14.4. The zero-order chi connectivity index (χ0) is 17.8. The van der Waals surface area contributed by atoms with Crippen molar-refractivity contribution >= 4 is 28.8 Å². The molecule has 1 aromatic heterocycles. The van der Waals surface area contributed by atoms with Gasteiger partial charge in [0, 0.05) is 22.7 Å². The third-order valence-corrected chi connectivity index (χ3v) is 4.14. The zero-order valence-electron chi connectivity index (χ0n) is 14.2. The van der Waals surface area contributed by atoms with Crippen molar-refractivity contribution in [2.45, 2.75) is 19.9 Å². The molecule has 0 radical (unpaired) electrons. The number of aromatic nitrogens is 1. The summed E-state index contributed by atoms with van der Waals surface area (Å²) < 4.78 is 7.36. The van der Waals surface area contributed by atoms with E-state index in [4.69, 9.17) is 4.74 Å². The fourth-order valence-electron chi connectivity index (χ4n) is 2.86. The van der Waals surface area contributed by atoms with Gasteiger partial charge in [-0.15, -0.1) is 0 Å². The Kier molecular flexibility index (Phi) is 4.84. The van der Waals surface area contributed by atoms with Crippen LogP contribution >= 0.6 is 0 Å². The lowest BCUT2D eigenvalue weighted by atomic mass is 10.2. The quantitative estimate of drug-likeness (QED) is 0.691. The molecule has 1 heterocycles. The molecule has 25 heavy (non-hydrogen) atoms. The van der Waals surface area contributed by atoms with Gasteiger partial charge in [0.2, 0.25) is 5.91 Å². The Morgan fingerprint density at radius 1 is 1.20 bits per heavy atom. The molecule has 0 aliphatic carbocycles. The van der Waals surface area contributed by atoms with E-state index in [2.05, 4.69) is 5.32 Å². The summed E-state index contributed by atoms with van der Waals surface area (Å²) in [4.78, 5) is 24.0. The molecule has 0 saturated carbocycles. The molecule has 5 heteroatoms. The summed E-state index contributed by atoms with van der Waals surface area (Å²) in [7, 11) is 0. The van der Waals surface area contributed by atoms with Crippen LogP contribution in [0.5, 0.6) is 5.75 Å². The smallest absolute Gasteiger partial charge is 0.247 e. The maximum atomic E-state index is 12.7. The number of nitrogens with zero attached hydrogens (tertiary/aromatic N) is 1. The third kappa shape index (κ3) is 3.26. The topological polar surface area (TPSA) is 60.3 Å². The van der Waals surface area contributed by atoms with Gasteiger partial charge in [-0.3, -0.25) is 9.59 Å². The predicted molar refractivity (Wildman–Crippen MR) is 98.3 cm³/mol. The van der Waals surface area contributed by atoms with Gasteiger partial charge in [-0.05, 0) is 32.0 Å². The van der Waals surface area contributed by atoms with Crippen LogP contribution in [0.4, 0.5) is 5.69 Å². The number of ether oxygens (including phenoxy) is 1. The van der Waals surface area contributed by atoms with Crippen LogP contribution in [0, 0.1) is 0 Å². The van der Waals surface area contributed by atoms with E-state index in [1.165, 1.54) is 0 Å². The van der Waals surface area contributed by atoms with Crippen molar-refractivity contribution in [2.24, 2.45) is 0 Å². The average molecular weight is 336 g/mol. The number of carbonyl (C=O) groups is 2. The minimum atomic E-state index is -0.478. The first-order valence-corrected chi connectivity index (χ1v) is 8.23. The third-order valence-electron chi connectivity index (χ3n) is 4.14. The van der Waals surface area contributed by atoms with Crippen LogP contribution in [-0.4, -0.2) is 23.4 Å². The SMILES string of the molecule is CCOc1ccccc1NC(=O)C(C)n1cc(C=O)c2ccccc21. The number of hydrogen-bond acceptors (Lipinski definition) is 3. The standard InChI is InChI=1S/C20H20N2O3/c1-3-25-19-11-7-5-9-17(19)21-20(24)14(2)22-12-15(13-23)16-8-4-6-10-18(16)22/h4-14H,3H2,1-2H3,(H,21,24). The van der Waals surface area contributed by atoms with Crippen molar-refractivity contribution in [1.82, 2.24) is 4.57 Å². The molecule has 1 atom stereocenters. The normalized spacial score (nSPS) is 11.9. The first-order valence-electron chi connectivity index (χ1n) is 8.23. The largest absolute Gasteiger partial charge is 0.492 e. The Morgan fingerprint density at radius 3 is 2.68 bits per heavy atom. The first-order chi connectivity index (χ1) is 12.2. The van der Waals surface area contributed by atoms with E-state index >= 15 is 0 Å². The van der Waals surface area contributed by atoms with Gasteiger partial charge in [0.15, 0.2) is 6.29 Å². The molecule has 1 amide bonds. The monoisotopic (exact) mass is 336 g/mol. The van der Waals surface area contributed by atoms with Crippen LogP contribution in [-0.2, 0) is 4.79 Å². The Balaban J connectivity index is 1.90. The van der Waals surface area contributed by atoms with E-state index in [0.717, 1.165) is 17.2 Å². The van der Waals surface area contributed by atoms with E-state index in [1.807, 2.05) is 54.0 Å². The first kappa shape index (κ1) is 16.8. The van der Waals surface area contributed by atoms with E-state index in [-0.39, 0.29) is 5.91 Å². The molecule has 3 rings (SSSR count). The number of amides is 1. The number of nitrogens with one attached hydrogen (secondary N) is 1. The summed E-state index contributed by atoms with van der Waals surface area (Å²) >= 11 is 0. The molecular formula is C20H20N2O3. The predicted octanol–water partition coefficient (Wildman–Crippen LogP) is 4.05. The van der Waals surface area contributed by atoms with Crippen LogP contribution < -0.4 is 10.1 Å². The number of anilines is 1. The van der Waals surface area contributed by atoms with Crippen molar-refractivity contribution in [3.05, 3.63) is 60.3 Å². The number of benzene rings is 2. The molecule has 0 fully saturated rings. The second-order valence-electron chi connectivity index (χ2n) is 5.72. The van der Waals surface area contributed by atoms with Gasteiger partial charge < -0.3 is 14.6 Å². The summed E-state index contributed by atoms with van der Waals surface area (Å²) in [5.41, 5.74) is 2.06. The minimum Gasteiger partial charge on any atom is -0.492 e. The van der Waals surface area contributed by atoms with Gasteiger partial charge in [-0.1, -0.05) is 30.3 Å². The highest BCUT2D eigenvalue weighted by Crippen LogP contribution is 2.27.